The van der Waals surface area contributed by atoms with E-state index in [2.05, 4.69) is 21.2 Å². The molecule has 2 rings (SSSR count). The molecule has 1 fully saturated rings. The van der Waals surface area contributed by atoms with E-state index in [-0.39, 0.29) is 21.0 Å². The third-order valence-corrected chi connectivity index (χ3v) is 6.16. The maximum absolute atomic E-state index is 12.4. The minimum atomic E-state index is -3.94. The number of amides is 1. The molecule has 1 aromatic carbocycles. The average Bonchev–Trinajstić information content (AvgIpc) is 3.14. The van der Waals surface area contributed by atoms with Crippen molar-refractivity contribution in [2.45, 2.75) is 37.1 Å². The monoisotopic (exact) mass is 413 g/mol. The van der Waals surface area contributed by atoms with Crippen molar-refractivity contribution < 1.29 is 13.2 Å². The molecule has 0 spiro atoms. The topological polar surface area (TPSA) is 63.2 Å². The van der Waals surface area contributed by atoms with Crippen LogP contribution in [-0.2, 0) is 9.05 Å². The smallest absolute Gasteiger partial charge is 0.261 e. The van der Waals surface area contributed by atoms with E-state index >= 15 is 0 Å². The summed E-state index contributed by atoms with van der Waals surface area (Å²) in [6, 6.07) is 2.46. The second-order valence-electron chi connectivity index (χ2n) is 5.65. The first-order valence-electron chi connectivity index (χ1n) is 6.28. The number of rotatable bonds is 4. The van der Waals surface area contributed by atoms with Crippen LogP contribution in [0, 0.1) is 5.92 Å². The summed E-state index contributed by atoms with van der Waals surface area (Å²) >= 11 is 9.23. The lowest BCUT2D eigenvalue weighted by molar-refractivity contribution is 0.0903. The van der Waals surface area contributed by atoms with Crippen molar-refractivity contribution in [2.24, 2.45) is 5.92 Å². The first-order chi connectivity index (χ1) is 9.52. The zero-order valence-electron chi connectivity index (χ0n) is 11.4. The summed E-state index contributed by atoms with van der Waals surface area (Å²) in [5.41, 5.74) is -0.276. The second-order valence-corrected chi connectivity index (χ2v) is 9.45. The van der Waals surface area contributed by atoms with Crippen molar-refractivity contribution in [3.05, 3.63) is 27.2 Å². The summed E-state index contributed by atoms with van der Waals surface area (Å²) in [7, 11) is 1.39. The number of hydrogen-bond acceptors (Lipinski definition) is 3. The van der Waals surface area contributed by atoms with Gasteiger partial charge >= 0.3 is 0 Å². The van der Waals surface area contributed by atoms with E-state index in [9.17, 15) is 13.2 Å². The molecule has 0 unspecified atom stereocenters. The van der Waals surface area contributed by atoms with Crippen LogP contribution in [0.3, 0.4) is 0 Å². The summed E-state index contributed by atoms with van der Waals surface area (Å²) in [4.78, 5) is 12.2. The van der Waals surface area contributed by atoms with Gasteiger partial charge in [-0.05, 0) is 60.7 Å². The third kappa shape index (κ3) is 3.92. The Labute approximate surface area is 141 Å². The first kappa shape index (κ1) is 17.1. The Hall–Kier alpha value is -0.300. The SMILES string of the molecule is CC(C)(NC(=O)c1cc(S(=O)(=O)Cl)cc(Br)c1Cl)C1CC1. The normalized spacial score (nSPS) is 15.9. The summed E-state index contributed by atoms with van der Waals surface area (Å²) in [6.45, 7) is 3.88. The number of carbonyl (C=O) groups is 1. The Balaban J connectivity index is 2.38. The molecule has 4 nitrogen and oxygen atoms in total. The van der Waals surface area contributed by atoms with Crippen LogP contribution >= 0.6 is 38.2 Å². The minimum absolute atomic E-state index is 0.0824. The van der Waals surface area contributed by atoms with E-state index in [1.807, 2.05) is 13.8 Å². The van der Waals surface area contributed by atoms with Crippen molar-refractivity contribution in [3.63, 3.8) is 0 Å². The molecular weight excluding hydrogens is 401 g/mol. The van der Waals surface area contributed by atoms with E-state index in [0.717, 1.165) is 12.8 Å². The molecule has 0 radical (unpaired) electrons. The van der Waals surface area contributed by atoms with Crippen LogP contribution in [0.4, 0.5) is 0 Å². The predicted octanol–water partition coefficient (Wildman–Crippen LogP) is 3.95. The lowest BCUT2D eigenvalue weighted by atomic mass is 9.98. The maximum Gasteiger partial charge on any atom is 0.261 e. The van der Waals surface area contributed by atoms with Crippen molar-refractivity contribution in [3.8, 4) is 0 Å². The molecule has 21 heavy (non-hydrogen) atoms. The van der Waals surface area contributed by atoms with Crippen LogP contribution in [0.5, 0.6) is 0 Å². The van der Waals surface area contributed by atoms with Gasteiger partial charge in [-0.3, -0.25) is 4.79 Å². The molecule has 1 saturated carbocycles. The van der Waals surface area contributed by atoms with Crippen LogP contribution in [0.15, 0.2) is 21.5 Å². The number of carbonyl (C=O) groups excluding carboxylic acids is 1. The Morgan fingerprint density at radius 2 is 1.95 bits per heavy atom. The quantitative estimate of drug-likeness (QED) is 0.758. The maximum atomic E-state index is 12.4. The Morgan fingerprint density at radius 3 is 2.43 bits per heavy atom. The van der Waals surface area contributed by atoms with Gasteiger partial charge < -0.3 is 5.32 Å². The standard InChI is InChI=1S/C13H14BrCl2NO3S/c1-13(2,7-3-4-7)17-12(18)9-5-8(21(16,19)20)6-10(14)11(9)15/h5-7H,3-4H2,1-2H3,(H,17,18). The molecule has 0 atom stereocenters. The van der Waals surface area contributed by atoms with Crippen LogP contribution < -0.4 is 5.32 Å². The lowest BCUT2D eigenvalue weighted by Crippen LogP contribution is -2.45. The van der Waals surface area contributed by atoms with Crippen molar-refractivity contribution in [2.75, 3.05) is 0 Å². The molecule has 0 aliphatic heterocycles. The van der Waals surface area contributed by atoms with Gasteiger partial charge in [-0.2, -0.15) is 0 Å². The molecule has 1 aliphatic carbocycles. The van der Waals surface area contributed by atoms with Gasteiger partial charge in [0.1, 0.15) is 0 Å². The molecule has 0 bridgehead atoms. The Morgan fingerprint density at radius 1 is 1.38 bits per heavy atom. The van der Waals surface area contributed by atoms with E-state index in [1.165, 1.54) is 12.1 Å². The number of benzene rings is 1. The molecule has 116 valence electrons. The summed E-state index contributed by atoms with van der Waals surface area (Å²) in [5, 5.41) is 3.05. The highest BCUT2D eigenvalue weighted by molar-refractivity contribution is 9.10. The van der Waals surface area contributed by atoms with Crippen LogP contribution in [0.2, 0.25) is 5.02 Å². The van der Waals surface area contributed by atoms with E-state index in [0.29, 0.717) is 10.4 Å². The third-order valence-electron chi connectivity index (χ3n) is 3.56. The first-order valence-corrected chi connectivity index (χ1v) is 9.76. The zero-order chi connectivity index (χ0) is 16.0. The zero-order valence-corrected chi connectivity index (χ0v) is 15.3. The van der Waals surface area contributed by atoms with Gasteiger partial charge in [0.15, 0.2) is 0 Å². The fourth-order valence-corrected chi connectivity index (χ4v) is 3.73. The highest BCUT2D eigenvalue weighted by Gasteiger charge is 2.39. The van der Waals surface area contributed by atoms with Crippen molar-refractivity contribution >= 4 is 53.2 Å². The molecule has 1 aromatic rings. The molecule has 1 N–H and O–H groups in total. The summed E-state index contributed by atoms with van der Waals surface area (Å²) in [6.07, 6.45) is 2.14. The number of hydrogen-bond donors (Lipinski definition) is 1. The molecular formula is C13H14BrCl2NO3S. The Kier molecular flexibility index (Phi) is 4.65. The highest BCUT2D eigenvalue weighted by Crippen LogP contribution is 2.39. The number of halogens is 3. The van der Waals surface area contributed by atoms with E-state index < -0.39 is 15.0 Å². The lowest BCUT2D eigenvalue weighted by Gasteiger charge is -2.26. The van der Waals surface area contributed by atoms with Crippen LogP contribution in [0.1, 0.15) is 37.0 Å². The minimum Gasteiger partial charge on any atom is -0.347 e. The van der Waals surface area contributed by atoms with Gasteiger partial charge in [0.2, 0.25) is 0 Å². The molecule has 1 amide bonds. The van der Waals surface area contributed by atoms with Gasteiger partial charge in [0, 0.05) is 20.7 Å². The highest BCUT2D eigenvalue weighted by atomic mass is 79.9. The van der Waals surface area contributed by atoms with Gasteiger partial charge in [0.05, 0.1) is 15.5 Å². The van der Waals surface area contributed by atoms with Crippen molar-refractivity contribution in [1.82, 2.24) is 5.32 Å². The van der Waals surface area contributed by atoms with Gasteiger partial charge in [-0.15, -0.1) is 0 Å². The van der Waals surface area contributed by atoms with Crippen LogP contribution in [-0.4, -0.2) is 19.9 Å². The predicted molar refractivity (Wildman–Crippen MR) is 86.5 cm³/mol. The van der Waals surface area contributed by atoms with E-state index in [4.69, 9.17) is 22.3 Å². The summed E-state index contributed by atoms with van der Waals surface area (Å²) < 4.78 is 23.2. The fraction of sp³-hybridized carbons (Fsp3) is 0.462. The van der Waals surface area contributed by atoms with Gasteiger partial charge in [-0.1, -0.05) is 11.6 Å². The molecule has 0 aromatic heterocycles. The fourth-order valence-electron chi connectivity index (χ4n) is 2.14. The largest absolute Gasteiger partial charge is 0.347 e. The average molecular weight is 415 g/mol. The number of nitrogens with one attached hydrogen (secondary N) is 1. The van der Waals surface area contributed by atoms with Gasteiger partial charge in [0.25, 0.3) is 15.0 Å². The summed E-state index contributed by atoms with van der Waals surface area (Å²) in [5.74, 6) is 0.0170. The molecule has 1 aliphatic rings. The second kappa shape index (κ2) is 5.72. The molecule has 0 saturated heterocycles. The van der Waals surface area contributed by atoms with Gasteiger partial charge in [-0.25, -0.2) is 8.42 Å². The van der Waals surface area contributed by atoms with Crippen molar-refractivity contribution in [1.29, 1.82) is 0 Å². The molecule has 8 heteroatoms. The molecule has 0 heterocycles. The van der Waals surface area contributed by atoms with E-state index in [1.54, 1.807) is 0 Å². The van der Waals surface area contributed by atoms with Crippen LogP contribution in [0.25, 0.3) is 0 Å². The Bertz CT molecular complexity index is 700.